The summed E-state index contributed by atoms with van der Waals surface area (Å²) < 4.78 is 0. The third kappa shape index (κ3) is 5.03. The molecule has 0 spiro atoms. The highest BCUT2D eigenvalue weighted by Crippen LogP contribution is 2.56. The number of carbonyl (C=O) groups excluding carboxylic acids is 1. The number of hydrogen-bond donors (Lipinski definition) is 3. The summed E-state index contributed by atoms with van der Waals surface area (Å²) in [6, 6.07) is 8.32. The average molecular weight is 440 g/mol. The lowest BCUT2D eigenvalue weighted by Crippen LogP contribution is -2.54. The molecule has 4 nitrogen and oxygen atoms in total. The van der Waals surface area contributed by atoms with E-state index < -0.39 is 0 Å². The smallest absolute Gasteiger partial charge is 0.224 e. The first-order valence-electron chi connectivity index (χ1n) is 11.1. The van der Waals surface area contributed by atoms with Gasteiger partial charge in [0.15, 0.2) is 0 Å². The molecule has 29 heavy (non-hydrogen) atoms. The van der Waals surface area contributed by atoms with Gasteiger partial charge in [0.25, 0.3) is 0 Å². The van der Waals surface area contributed by atoms with Crippen LogP contribution in [0.2, 0.25) is 0 Å². The van der Waals surface area contributed by atoms with Gasteiger partial charge in [0.1, 0.15) is 0 Å². The molecule has 6 rings (SSSR count). The molecule has 162 valence electrons. The molecule has 1 atom stereocenters. The molecular weight excluding hydrogens is 405 g/mol. The van der Waals surface area contributed by atoms with Crippen molar-refractivity contribution < 1.29 is 4.79 Å². The maximum Gasteiger partial charge on any atom is 0.224 e. The second-order valence-corrected chi connectivity index (χ2v) is 9.81. The minimum atomic E-state index is 0. The Balaban J connectivity index is 0.00000120. The normalized spacial score (nSPS) is 34.2. The molecule has 5 fully saturated rings. The number of benzene rings is 1. The molecule has 0 radical (unpaired) electrons. The van der Waals surface area contributed by atoms with Crippen LogP contribution in [0.3, 0.4) is 0 Å². The van der Waals surface area contributed by atoms with Crippen molar-refractivity contribution >= 4 is 42.1 Å². The van der Waals surface area contributed by atoms with Gasteiger partial charge < -0.3 is 16.0 Å². The number of amides is 1. The van der Waals surface area contributed by atoms with Crippen LogP contribution >= 0.6 is 24.8 Å². The first-order chi connectivity index (χ1) is 13.2. The Morgan fingerprint density at radius 3 is 2.21 bits per heavy atom. The van der Waals surface area contributed by atoms with Crippen molar-refractivity contribution in [3.05, 3.63) is 24.3 Å². The van der Waals surface area contributed by atoms with E-state index in [1.54, 1.807) is 0 Å². The minimum absolute atomic E-state index is 0. The SMILES string of the molecule is Cl.Cl.O=C(CCC1CCNC1)Nc1ccccc1NC12CC3CC(CC(C3)C1)C2. The molecule has 3 N–H and O–H groups in total. The third-order valence-corrected chi connectivity index (χ3v) is 7.58. The van der Waals surface area contributed by atoms with Crippen LogP contribution in [-0.2, 0) is 4.79 Å². The summed E-state index contributed by atoms with van der Waals surface area (Å²) in [5.41, 5.74) is 2.35. The Kier molecular flexibility index (Phi) is 7.40. The molecule has 1 unspecified atom stereocenters. The van der Waals surface area contributed by atoms with Gasteiger partial charge in [0.05, 0.1) is 11.4 Å². The van der Waals surface area contributed by atoms with Gasteiger partial charge in [-0.15, -0.1) is 24.8 Å². The van der Waals surface area contributed by atoms with E-state index in [1.807, 2.05) is 6.07 Å². The highest BCUT2D eigenvalue weighted by atomic mass is 35.5. The van der Waals surface area contributed by atoms with Crippen LogP contribution in [0.4, 0.5) is 11.4 Å². The largest absolute Gasteiger partial charge is 0.378 e. The third-order valence-electron chi connectivity index (χ3n) is 7.58. The standard InChI is InChI=1S/C23H33N3O.2ClH/c27-22(6-5-16-7-8-24-15-16)25-20-3-1-2-4-21(20)26-23-12-17-9-18(13-23)11-19(10-17)14-23;;/h1-4,16-19,24,26H,5-15H2,(H,25,27);2*1H. The van der Waals surface area contributed by atoms with Crippen molar-refractivity contribution in [2.75, 3.05) is 23.7 Å². The van der Waals surface area contributed by atoms with Crippen LogP contribution in [0.25, 0.3) is 0 Å². The van der Waals surface area contributed by atoms with Gasteiger partial charge >= 0.3 is 0 Å². The second-order valence-electron chi connectivity index (χ2n) is 9.81. The van der Waals surface area contributed by atoms with E-state index in [9.17, 15) is 4.79 Å². The number of rotatable bonds is 6. The lowest BCUT2D eigenvalue weighted by atomic mass is 9.53. The molecule has 1 saturated heterocycles. The lowest BCUT2D eigenvalue weighted by Gasteiger charge is -2.57. The fourth-order valence-electron chi connectivity index (χ4n) is 6.76. The maximum atomic E-state index is 12.5. The highest BCUT2D eigenvalue weighted by Gasteiger charge is 2.51. The van der Waals surface area contributed by atoms with Crippen molar-refractivity contribution in [1.29, 1.82) is 0 Å². The van der Waals surface area contributed by atoms with Crippen molar-refractivity contribution in [3.63, 3.8) is 0 Å². The lowest BCUT2D eigenvalue weighted by molar-refractivity contribution is -0.116. The van der Waals surface area contributed by atoms with Crippen molar-refractivity contribution in [3.8, 4) is 0 Å². The van der Waals surface area contributed by atoms with Gasteiger partial charge in [-0.3, -0.25) is 4.79 Å². The zero-order valence-corrected chi connectivity index (χ0v) is 18.8. The van der Waals surface area contributed by atoms with Gasteiger partial charge in [-0.05, 0) is 100 Å². The van der Waals surface area contributed by atoms with Crippen LogP contribution in [0, 0.1) is 23.7 Å². The number of halogens is 2. The average Bonchev–Trinajstić information content (AvgIpc) is 3.14. The number of nitrogens with one attached hydrogen (secondary N) is 3. The van der Waals surface area contributed by atoms with E-state index in [-0.39, 0.29) is 36.3 Å². The molecule has 6 heteroatoms. The van der Waals surface area contributed by atoms with E-state index in [0.29, 0.717) is 12.3 Å². The Morgan fingerprint density at radius 2 is 1.62 bits per heavy atom. The van der Waals surface area contributed by atoms with Crippen molar-refractivity contribution in [2.24, 2.45) is 23.7 Å². The predicted octanol–water partition coefficient (Wildman–Crippen LogP) is 5.24. The minimum Gasteiger partial charge on any atom is -0.378 e. The quantitative estimate of drug-likeness (QED) is 0.567. The predicted molar refractivity (Wildman–Crippen MR) is 124 cm³/mol. The summed E-state index contributed by atoms with van der Waals surface area (Å²) in [5.74, 6) is 3.58. The fourth-order valence-corrected chi connectivity index (χ4v) is 6.76. The molecule has 1 amide bonds. The van der Waals surface area contributed by atoms with Gasteiger partial charge in [-0.2, -0.15) is 0 Å². The van der Waals surface area contributed by atoms with E-state index >= 15 is 0 Å². The van der Waals surface area contributed by atoms with Crippen molar-refractivity contribution in [1.82, 2.24) is 5.32 Å². The second kappa shape index (κ2) is 9.45. The van der Waals surface area contributed by atoms with Gasteiger partial charge in [-0.1, -0.05) is 12.1 Å². The zero-order valence-electron chi connectivity index (χ0n) is 17.1. The van der Waals surface area contributed by atoms with E-state index in [0.717, 1.165) is 48.6 Å². The Hall–Kier alpha value is -0.970. The Bertz CT molecular complexity index is 670. The van der Waals surface area contributed by atoms with Crippen LogP contribution in [-0.4, -0.2) is 24.5 Å². The topological polar surface area (TPSA) is 53.2 Å². The first kappa shape index (κ1) is 22.7. The number of hydrogen-bond acceptors (Lipinski definition) is 3. The molecule has 1 aromatic carbocycles. The van der Waals surface area contributed by atoms with Crippen LogP contribution in [0.5, 0.6) is 0 Å². The molecule has 4 bridgehead atoms. The van der Waals surface area contributed by atoms with E-state index in [4.69, 9.17) is 0 Å². The first-order valence-corrected chi connectivity index (χ1v) is 11.1. The molecule has 1 aromatic rings. The van der Waals surface area contributed by atoms with Crippen LogP contribution in [0.1, 0.15) is 57.8 Å². The summed E-state index contributed by atoms with van der Waals surface area (Å²) in [7, 11) is 0. The molecule has 5 aliphatic rings. The highest BCUT2D eigenvalue weighted by molar-refractivity contribution is 5.94. The summed E-state index contributed by atoms with van der Waals surface area (Å²) in [6.45, 7) is 2.17. The molecular formula is C23H35Cl2N3O. The summed E-state index contributed by atoms with van der Waals surface area (Å²) in [4.78, 5) is 12.5. The monoisotopic (exact) mass is 439 g/mol. The fraction of sp³-hybridized carbons (Fsp3) is 0.696. The number of carbonyl (C=O) groups is 1. The molecule has 1 heterocycles. The van der Waals surface area contributed by atoms with E-state index in [2.05, 4.69) is 34.1 Å². The Morgan fingerprint density at radius 1 is 1.00 bits per heavy atom. The Labute approximate surface area is 187 Å². The molecule has 4 saturated carbocycles. The van der Waals surface area contributed by atoms with Gasteiger partial charge in [-0.25, -0.2) is 0 Å². The van der Waals surface area contributed by atoms with Crippen LogP contribution in [0.15, 0.2) is 24.3 Å². The number of para-hydroxylation sites is 2. The maximum absolute atomic E-state index is 12.5. The summed E-state index contributed by atoms with van der Waals surface area (Å²) in [5, 5.41) is 10.5. The van der Waals surface area contributed by atoms with E-state index in [1.165, 1.54) is 44.9 Å². The number of anilines is 2. The van der Waals surface area contributed by atoms with Gasteiger partial charge in [0, 0.05) is 12.0 Å². The van der Waals surface area contributed by atoms with Crippen molar-refractivity contribution in [2.45, 2.75) is 63.3 Å². The molecule has 1 aliphatic heterocycles. The molecule has 0 aromatic heterocycles. The summed E-state index contributed by atoms with van der Waals surface area (Å²) >= 11 is 0. The zero-order chi connectivity index (χ0) is 18.3. The van der Waals surface area contributed by atoms with Crippen LogP contribution < -0.4 is 16.0 Å². The molecule has 4 aliphatic carbocycles. The summed E-state index contributed by atoms with van der Waals surface area (Å²) in [6.07, 6.45) is 11.1. The van der Waals surface area contributed by atoms with Gasteiger partial charge in [0.2, 0.25) is 5.91 Å².